The number of benzene rings is 2. The number of rotatable bonds is 2. The maximum Gasteiger partial charge on any atom is 0.253 e. The Morgan fingerprint density at radius 1 is 0.852 bits per heavy atom. The zero-order chi connectivity index (χ0) is 18.7. The average Bonchev–Trinajstić information content (AvgIpc) is 3.30. The van der Waals surface area contributed by atoms with Crippen LogP contribution in [0.15, 0.2) is 53.0 Å². The number of carbonyl (C=O) groups excluding carboxylic acids is 2. The second-order valence-electron chi connectivity index (χ2n) is 7.49. The Labute approximate surface area is 166 Å². The first-order chi connectivity index (χ1) is 13.1. The monoisotopic (exact) mass is 425 g/mol. The van der Waals surface area contributed by atoms with Crippen LogP contribution in [0, 0.1) is 12.8 Å². The summed E-state index contributed by atoms with van der Waals surface area (Å²) in [6.07, 6.45) is 1.02. The third kappa shape index (κ3) is 2.51. The normalized spacial score (nSPS) is 28.1. The molecule has 138 valence electrons. The highest BCUT2D eigenvalue weighted by atomic mass is 79.9. The average molecular weight is 426 g/mol. The summed E-state index contributed by atoms with van der Waals surface area (Å²) in [5.74, 6) is -0.551. The van der Waals surface area contributed by atoms with E-state index in [-0.39, 0.29) is 23.8 Å². The number of halogens is 1. The van der Waals surface area contributed by atoms with Gasteiger partial charge in [-0.15, -0.1) is 0 Å². The van der Waals surface area contributed by atoms with E-state index in [1.807, 2.05) is 24.3 Å². The molecular weight excluding hydrogens is 406 g/mol. The van der Waals surface area contributed by atoms with Crippen molar-refractivity contribution in [3.8, 4) is 0 Å². The van der Waals surface area contributed by atoms with Crippen LogP contribution in [0.2, 0.25) is 0 Å². The highest BCUT2D eigenvalue weighted by Crippen LogP contribution is 2.48. The Hall–Kier alpha value is -2.02. The molecule has 3 aliphatic rings. The van der Waals surface area contributed by atoms with Gasteiger partial charge in [-0.3, -0.25) is 9.59 Å². The fourth-order valence-corrected chi connectivity index (χ4v) is 4.99. The number of hydrogen-bond donors (Lipinski definition) is 0. The summed E-state index contributed by atoms with van der Waals surface area (Å²) in [5, 5.41) is 4.38. The smallest absolute Gasteiger partial charge is 0.253 e. The number of anilines is 1. The molecule has 3 saturated heterocycles. The zero-order valence-electron chi connectivity index (χ0n) is 15.0. The van der Waals surface area contributed by atoms with Gasteiger partial charge in [0.25, 0.3) is 5.91 Å². The molecule has 2 aromatic carbocycles. The lowest BCUT2D eigenvalue weighted by Crippen LogP contribution is -2.44. The van der Waals surface area contributed by atoms with Crippen molar-refractivity contribution in [1.29, 1.82) is 0 Å². The molecule has 0 spiro atoms. The molecule has 2 aromatic rings. The lowest BCUT2D eigenvalue weighted by Gasteiger charge is -2.29. The zero-order valence-corrected chi connectivity index (χ0v) is 16.6. The number of imide groups is 1. The van der Waals surface area contributed by atoms with Crippen LogP contribution in [0.1, 0.15) is 23.6 Å². The molecular formula is C21H20BrN3O2. The van der Waals surface area contributed by atoms with E-state index in [0.717, 1.165) is 29.5 Å². The van der Waals surface area contributed by atoms with Crippen LogP contribution < -0.4 is 4.90 Å². The van der Waals surface area contributed by atoms with E-state index < -0.39 is 6.04 Å². The summed E-state index contributed by atoms with van der Waals surface area (Å²) in [5.41, 5.74) is 2.95. The molecule has 5 nitrogen and oxygen atoms in total. The Bertz CT molecular complexity index is 912. The van der Waals surface area contributed by atoms with Gasteiger partial charge in [0, 0.05) is 17.6 Å². The molecule has 6 heteroatoms. The van der Waals surface area contributed by atoms with Crippen LogP contribution in [0.4, 0.5) is 5.69 Å². The lowest BCUT2D eigenvalue weighted by atomic mass is 9.89. The third-order valence-electron chi connectivity index (χ3n) is 5.91. The van der Waals surface area contributed by atoms with Crippen LogP contribution in [0.25, 0.3) is 0 Å². The van der Waals surface area contributed by atoms with E-state index in [9.17, 15) is 9.59 Å². The van der Waals surface area contributed by atoms with Crippen LogP contribution in [-0.2, 0) is 9.59 Å². The van der Waals surface area contributed by atoms with Crippen LogP contribution >= 0.6 is 15.9 Å². The van der Waals surface area contributed by atoms with Crippen molar-refractivity contribution in [2.75, 3.05) is 18.0 Å². The number of hydrogen-bond acceptors (Lipinski definition) is 4. The number of hydrazine groups is 1. The van der Waals surface area contributed by atoms with Gasteiger partial charge in [-0.1, -0.05) is 45.8 Å². The van der Waals surface area contributed by atoms with E-state index in [1.165, 1.54) is 10.5 Å². The van der Waals surface area contributed by atoms with Gasteiger partial charge in [-0.05, 0) is 43.2 Å². The fraction of sp³-hybridized carbons (Fsp3) is 0.333. The summed E-state index contributed by atoms with van der Waals surface area (Å²) < 4.78 is 0.925. The minimum atomic E-state index is -0.394. The molecule has 3 atom stereocenters. The van der Waals surface area contributed by atoms with Gasteiger partial charge < -0.3 is 0 Å². The molecule has 3 fully saturated rings. The quantitative estimate of drug-likeness (QED) is 0.692. The molecule has 0 unspecified atom stereocenters. The van der Waals surface area contributed by atoms with Crippen molar-refractivity contribution in [2.24, 2.45) is 5.92 Å². The fourth-order valence-electron chi connectivity index (χ4n) is 4.72. The first-order valence-electron chi connectivity index (χ1n) is 9.29. The Kier molecular flexibility index (Phi) is 3.96. The number of carbonyl (C=O) groups is 2. The lowest BCUT2D eigenvalue weighted by molar-refractivity contribution is -0.126. The molecule has 0 aliphatic carbocycles. The SMILES string of the molecule is Cc1ccc([C@H]2[C@H]3C(=O)N(c4ccc(Br)cc4)C(=O)[C@@H]3N3CCCN23)cc1. The number of fused-ring (bicyclic) bond motifs is 3. The molecule has 0 radical (unpaired) electrons. The van der Waals surface area contributed by atoms with Gasteiger partial charge >= 0.3 is 0 Å². The summed E-state index contributed by atoms with van der Waals surface area (Å²) in [4.78, 5) is 28.1. The van der Waals surface area contributed by atoms with Crippen molar-refractivity contribution >= 4 is 33.4 Å². The van der Waals surface area contributed by atoms with E-state index in [4.69, 9.17) is 0 Å². The molecule has 5 rings (SSSR count). The van der Waals surface area contributed by atoms with Crippen molar-refractivity contribution in [3.05, 3.63) is 64.1 Å². The molecule has 3 aliphatic heterocycles. The van der Waals surface area contributed by atoms with Gasteiger partial charge in [0.15, 0.2) is 0 Å². The van der Waals surface area contributed by atoms with E-state index >= 15 is 0 Å². The third-order valence-corrected chi connectivity index (χ3v) is 6.44. The van der Waals surface area contributed by atoms with E-state index in [2.05, 4.69) is 57.1 Å². The molecule has 0 bridgehead atoms. The highest BCUT2D eigenvalue weighted by Gasteiger charge is 2.62. The molecule has 0 saturated carbocycles. The summed E-state index contributed by atoms with van der Waals surface area (Å²) in [6.45, 7) is 3.78. The number of nitrogens with zero attached hydrogens (tertiary/aromatic N) is 3. The van der Waals surface area contributed by atoms with Gasteiger partial charge in [0.1, 0.15) is 6.04 Å². The van der Waals surface area contributed by atoms with Crippen LogP contribution in [0.5, 0.6) is 0 Å². The van der Waals surface area contributed by atoms with Crippen molar-refractivity contribution in [1.82, 2.24) is 10.0 Å². The van der Waals surface area contributed by atoms with Crippen molar-refractivity contribution in [2.45, 2.75) is 25.4 Å². The minimum absolute atomic E-state index is 0.0741. The molecule has 3 heterocycles. The van der Waals surface area contributed by atoms with Gasteiger partial charge in [0.2, 0.25) is 5.91 Å². The first-order valence-corrected chi connectivity index (χ1v) is 10.1. The molecule has 0 N–H and O–H groups in total. The summed E-state index contributed by atoms with van der Waals surface area (Å²) >= 11 is 3.41. The Balaban J connectivity index is 1.57. The van der Waals surface area contributed by atoms with Gasteiger partial charge in [0.05, 0.1) is 17.6 Å². The maximum absolute atomic E-state index is 13.4. The molecule has 27 heavy (non-hydrogen) atoms. The number of aryl methyl sites for hydroxylation is 1. The van der Waals surface area contributed by atoms with Crippen LogP contribution in [-0.4, -0.2) is 41.0 Å². The Morgan fingerprint density at radius 2 is 1.48 bits per heavy atom. The van der Waals surface area contributed by atoms with E-state index in [0.29, 0.717) is 5.69 Å². The second-order valence-corrected chi connectivity index (χ2v) is 8.41. The summed E-state index contributed by atoms with van der Waals surface area (Å²) in [6, 6.07) is 15.3. The highest BCUT2D eigenvalue weighted by molar-refractivity contribution is 9.10. The molecule has 0 aromatic heterocycles. The van der Waals surface area contributed by atoms with E-state index in [1.54, 1.807) is 0 Å². The topological polar surface area (TPSA) is 43.9 Å². The molecule has 2 amide bonds. The van der Waals surface area contributed by atoms with Gasteiger partial charge in [-0.2, -0.15) is 0 Å². The minimum Gasteiger partial charge on any atom is -0.274 e. The summed E-state index contributed by atoms with van der Waals surface area (Å²) in [7, 11) is 0. The predicted molar refractivity (Wildman–Crippen MR) is 106 cm³/mol. The second kappa shape index (κ2) is 6.26. The number of amides is 2. The van der Waals surface area contributed by atoms with Crippen molar-refractivity contribution in [3.63, 3.8) is 0 Å². The first kappa shape index (κ1) is 17.1. The maximum atomic E-state index is 13.4. The van der Waals surface area contributed by atoms with Crippen molar-refractivity contribution < 1.29 is 9.59 Å². The standard InChI is InChI=1S/C21H20BrN3O2/c1-13-3-5-14(6-4-13)18-17-19(24-12-2-11-23(18)24)21(27)25(20(17)26)16-9-7-15(22)8-10-16/h3-10,17-19H,2,11-12H2,1H3/t17-,18+,19-/m1/s1. The van der Waals surface area contributed by atoms with Crippen LogP contribution in [0.3, 0.4) is 0 Å². The van der Waals surface area contributed by atoms with Gasteiger partial charge in [-0.25, -0.2) is 14.9 Å². The largest absolute Gasteiger partial charge is 0.274 e. The predicted octanol–water partition coefficient (Wildman–Crippen LogP) is 3.29. The Morgan fingerprint density at radius 3 is 2.15 bits per heavy atom.